The summed E-state index contributed by atoms with van der Waals surface area (Å²) in [6, 6.07) is 3.73. The zero-order valence-corrected chi connectivity index (χ0v) is 19.8. The van der Waals surface area contributed by atoms with Gasteiger partial charge in [-0.25, -0.2) is 19.8 Å². The molecular formula is C22H28N6O3S. The second kappa shape index (κ2) is 7.26. The van der Waals surface area contributed by atoms with E-state index >= 15 is 0 Å². The van der Waals surface area contributed by atoms with Crippen molar-refractivity contribution in [1.82, 2.24) is 23.8 Å². The lowest BCUT2D eigenvalue weighted by Crippen LogP contribution is -2.31. The van der Waals surface area contributed by atoms with E-state index in [1.807, 2.05) is 17.6 Å². The van der Waals surface area contributed by atoms with Crippen molar-refractivity contribution < 1.29 is 4.52 Å². The van der Waals surface area contributed by atoms with Gasteiger partial charge in [-0.1, -0.05) is 0 Å². The Morgan fingerprint density at radius 2 is 1.88 bits per heavy atom. The number of benzene rings is 1. The maximum Gasteiger partial charge on any atom is 0.330 e. The molecule has 0 unspecified atom stereocenters. The molecule has 1 N–H and O–H groups in total. The molecule has 4 heterocycles. The summed E-state index contributed by atoms with van der Waals surface area (Å²) >= 11 is 0. The molecule has 0 atom stereocenters. The van der Waals surface area contributed by atoms with Gasteiger partial charge in [0.15, 0.2) is 11.2 Å². The average Bonchev–Trinajstić information content (AvgIpc) is 3.15. The van der Waals surface area contributed by atoms with E-state index in [9.17, 15) is 9.59 Å². The van der Waals surface area contributed by atoms with Gasteiger partial charge in [-0.15, -0.1) is 0 Å². The van der Waals surface area contributed by atoms with E-state index in [4.69, 9.17) is 9.51 Å². The predicted octanol–water partition coefficient (Wildman–Crippen LogP) is 3.03. The molecule has 1 aromatic carbocycles. The molecule has 10 heteroatoms. The number of hydrogen-bond acceptors (Lipinski definition) is 6. The topological polar surface area (TPSA) is 99.9 Å². The highest BCUT2D eigenvalue weighted by Gasteiger charge is 2.28. The van der Waals surface area contributed by atoms with Crippen LogP contribution in [-0.2, 0) is 14.1 Å². The van der Waals surface area contributed by atoms with Crippen LogP contribution in [0.5, 0.6) is 0 Å². The van der Waals surface area contributed by atoms with E-state index in [1.54, 1.807) is 30.9 Å². The molecule has 0 radical (unpaired) electrons. The largest absolute Gasteiger partial charge is 0.376 e. The van der Waals surface area contributed by atoms with Gasteiger partial charge in [-0.2, -0.15) is 9.72 Å². The van der Waals surface area contributed by atoms with E-state index < -0.39 is 10.0 Å². The van der Waals surface area contributed by atoms with Crippen LogP contribution >= 0.6 is 10.0 Å². The molecule has 3 aromatic heterocycles. The van der Waals surface area contributed by atoms with E-state index in [-0.39, 0.29) is 17.3 Å². The van der Waals surface area contributed by atoms with Crippen molar-refractivity contribution in [3.05, 3.63) is 44.7 Å². The van der Waals surface area contributed by atoms with Crippen molar-refractivity contribution in [2.24, 2.45) is 14.1 Å². The van der Waals surface area contributed by atoms with Crippen LogP contribution in [0.2, 0.25) is 0 Å². The maximum atomic E-state index is 13.1. The first-order chi connectivity index (χ1) is 15.1. The summed E-state index contributed by atoms with van der Waals surface area (Å²) in [5.74, 6) is 2.71. The van der Waals surface area contributed by atoms with Gasteiger partial charge >= 0.3 is 5.69 Å². The summed E-state index contributed by atoms with van der Waals surface area (Å²) in [5, 5.41) is 3.72. The van der Waals surface area contributed by atoms with E-state index in [1.165, 1.54) is 4.74 Å². The molecule has 0 bridgehead atoms. The van der Waals surface area contributed by atoms with E-state index in [0.29, 0.717) is 28.1 Å². The number of aryl methyl sites for hydroxylation is 3. The fourth-order valence-corrected chi connectivity index (χ4v) is 6.50. The van der Waals surface area contributed by atoms with Crippen molar-refractivity contribution >= 4 is 43.8 Å². The van der Waals surface area contributed by atoms with Gasteiger partial charge < -0.3 is 9.84 Å². The SMILES string of the molecule is Cc1cc2on(C)c(=O)c2cc1Nc1ncc2c(n1)n(C1CCS(C)(C)CC1)c(=O)n2C. The fourth-order valence-electron chi connectivity index (χ4n) is 4.48. The minimum absolute atomic E-state index is 0.0503. The van der Waals surface area contributed by atoms with Crippen LogP contribution in [0.1, 0.15) is 24.4 Å². The van der Waals surface area contributed by atoms with Crippen LogP contribution in [-0.4, -0.2) is 47.9 Å². The average molecular weight is 457 g/mol. The number of nitrogens with one attached hydrogen (secondary N) is 1. The van der Waals surface area contributed by atoms with Crippen LogP contribution < -0.4 is 16.6 Å². The highest BCUT2D eigenvalue weighted by molar-refractivity contribution is 8.32. The third kappa shape index (κ3) is 3.33. The molecule has 1 aliphatic rings. The first kappa shape index (κ1) is 20.9. The van der Waals surface area contributed by atoms with Crippen molar-refractivity contribution in [3.8, 4) is 0 Å². The Balaban J connectivity index is 1.56. The Morgan fingerprint density at radius 3 is 2.59 bits per heavy atom. The van der Waals surface area contributed by atoms with Gasteiger partial charge in [-0.05, 0) is 61.5 Å². The monoisotopic (exact) mass is 456 g/mol. The Hall–Kier alpha value is -3.01. The van der Waals surface area contributed by atoms with Crippen molar-refractivity contribution in [2.45, 2.75) is 25.8 Å². The highest BCUT2D eigenvalue weighted by Crippen LogP contribution is 2.47. The molecule has 0 saturated carbocycles. The second-order valence-electron chi connectivity index (χ2n) is 9.20. The van der Waals surface area contributed by atoms with Crippen molar-refractivity contribution in [2.75, 3.05) is 29.3 Å². The fraction of sp³-hybridized carbons (Fsp3) is 0.455. The normalized spacial score (nSPS) is 17.8. The zero-order valence-electron chi connectivity index (χ0n) is 19.0. The molecule has 170 valence electrons. The highest BCUT2D eigenvalue weighted by atomic mass is 32.3. The summed E-state index contributed by atoms with van der Waals surface area (Å²) in [6.45, 7) is 1.93. The molecule has 9 nitrogen and oxygen atoms in total. The molecule has 32 heavy (non-hydrogen) atoms. The number of fused-ring (bicyclic) bond motifs is 2. The van der Waals surface area contributed by atoms with Crippen LogP contribution in [0.25, 0.3) is 22.1 Å². The Kier molecular flexibility index (Phi) is 4.74. The lowest BCUT2D eigenvalue weighted by Gasteiger charge is -2.39. The van der Waals surface area contributed by atoms with Gasteiger partial charge in [0, 0.05) is 25.8 Å². The summed E-state index contributed by atoms with van der Waals surface area (Å²) < 4.78 is 10.1. The van der Waals surface area contributed by atoms with Gasteiger partial charge in [0.05, 0.1) is 11.6 Å². The van der Waals surface area contributed by atoms with Crippen LogP contribution in [0.15, 0.2) is 32.4 Å². The van der Waals surface area contributed by atoms with E-state index in [0.717, 1.165) is 35.6 Å². The third-order valence-electron chi connectivity index (χ3n) is 6.53. The summed E-state index contributed by atoms with van der Waals surface area (Å²) in [5.41, 5.74) is 3.28. The Bertz CT molecular complexity index is 1470. The molecule has 1 aliphatic heterocycles. The number of imidazole rings is 1. The molecule has 4 aromatic rings. The molecule has 5 rings (SSSR count). The van der Waals surface area contributed by atoms with Crippen molar-refractivity contribution in [3.63, 3.8) is 0 Å². The van der Waals surface area contributed by atoms with Gasteiger partial charge in [-0.3, -0.25) is 13.9 Å². The van der Waals surface area contributed by atoms with Crippen molar-refractivity contribution in [1.29, 1.82) is 0 Å². The summed E-state index contributed by atoms with van der Waals surface area (Å²) in [6.07, 6.45) is 8.41. The minimum Gasteiger partial charge on any atom is -0.376 e. The summed E-state index contributed by atoms with van der Waals surface area (Å²) in [4.78, 5) is 34.5. The second-order valence-corrected chi connectivity index (χ2v) is 13.6. The minimum atomic E-state index is -0.559. The quantitative estimate of drug-likeness (QED) is 0.509. The predicted molar refractivity (Wildman–Crippen MR) is 130 cm³/mol. The van der Waals surface area contributed by atoms with Gasteiger partial charge in [0.25, 0.3) is 5.56 Å². The third-order valence-corrected chi connectivity index (χ3v) is 9.21. The number of rotatable bonds is 3. The number of aromatic nitrogens is 5. The van der Waals surface area contributed by atoms with Crippen LogP contribution in [0.3, 0.4) is 0 Å². The molecule has 0 spiro atoms. The standard InChI is InChI=1S/C22H28N6O3S/c1-13-10-18-15(20(29)27(3)31-18)11-16(13)24-21-23-12-17-19(25-21)28(22(30)26(17)2)14-6-8-32(4,5)9-7-14/h10-12,14H,6-9H2,1-5H3,(H,23,24,25). The van der Waals surface area contributed by atoms with E-state index in [2.05, 4.69) is 22.8 Å². The van der Waals surface area contributed by atoms with Crippen LogP contribution in [0, 0.1) is 6.92 Å². The first-order valence-corrected chi connectivity index (χ1v) is 13.4. The number of hydrogen-bond donors (Lipinski definition) is 1. The lowest BCUT2D eigenvalue weighted by atomic mass is 10.1. The van der Waals surface area contributed by atoms with Gasteiger partial charge in [0.2, 0.25) is 5.95 Å². The molecule has 1 fully saturated rings. The molecule has 1 saturated heterocycles. The molecule has 0 aliphatic carbocycles. The Labute approximate surface area is 186 Å². The lowest BCUT2D eigenvalue weighted by molar-refractivity contribution is 0.324. The number of anilines is 2. The maximum absolute atomic E-state index is 13.1. The first-order valence-electron chi connectivity index (χ1n) is 10.6. The Morgan fingerprint density at radius 1 is 1.16 bits per heavy atom. The van der Waals surface area contributed by atoms with Crippen LogP contribution in [0.4, 0.5) is 11.6 Å². The molecular weight excluding hydrogens is 428 g/mol. The smallest absolute Gasteiger partial charge is 0.330 e. The summed E-state index contributed by atoms with van der Waals surface area (Å²) in [7, 11) is 2.80. The van der Waals surface area contributed by atoms with Gasteiger partial charge in [0.1, 0.15) is 5.52 Å². The number of nitrogens with zero attached hydrogens (tertiary/aromatic N) is 5. The zero-order chi connectivity index (χ0) is 22.8. The molecule has 0 amide bonds.